The minimum absolute atomic E-state index is 0.244. The van der Waals surface area contributed by atoms with E-state index < -0.39 is 35.7 Å². The Bertz CT molecular complexity index is 1200. The van der Waals surface area contributed by atoms with Gasteiger partial charge in [-0.05, 0) is 42.2 Å². The number of fused-ring (bicyclic) bond motifs is 1. The molecule has 0 spiro atoms. The van der Waals surface area contributed by atoms with Gasteiger partial charge in [0, 0.05) is 12.1 Å². The Balaban J connectivity index is 1.61. The molecule has 1 aliphatic carbocycles. The van der Waals surface area contributed by atoms with Crippen molar-refractivity contribution in [2.75, 3.05) is 4.90 Å². The van der Waals surface area contributed by atoms with Crippen molar-refractivity contribution in [1.29, 1.82) is 0 Å². The molecule has 35 heavy (non-hydrogen) atoms. The number of carbonyl (C=O) groups excluding carboxylic acids is 3. The van der Waals surface area contributed by atoms with Crippen LogP contribution in [0.1, 0.15) is 30.4 Å². The van der Waals surface area contributed by atoms with Gasteiger partial charge in [-0.15, -0.1) is 19.6 Å². The molecular formula is C25H22F3N3O4. The highest BCUT2D eigenvalue weighted by molar-refractivity contribution is 6.09. The number of hydrogen-bond acceptors (Lipinski definition) is 4. The number of nitrogens with one attached hydrogen (secondary N) is 1. The average molecular weight is 485 g/mol. The molecule has 1 saturated carbocycles. The molecule has 0 radical (unpaired) electrons. The normalized spacial score (nSPS) is 18.7. The van der Waals surface area contributed by atoms with Gasteiger partial charge < -0.3 is 15.8 Å². The summed E-state index contributed by atoms with van der Waals surface area (Å²) in [5.74, 6) is 0.395. The number of halogens is 3. The molecule has 0 aromatic heterocycles. The van der Waals surface area contributed by atoms with E-state index in [1.165, 1.54) is 29.2 Å². The van der Waals surface area contributed by atoms with Crippen LogP contribution in [-0.4, -0.2) is 36.2 Å². The minimum Gasteiger partial charge on any atom is -0.406 e. The number of ether oxygens (including phenoxy) is 1. The van der Waals surface area contributed by atoms with Crippen LogP contribution >= 0.6 is 0 Å². The third kappa shape index (κ3) is 4.94. The topological polar surface area (TPSA) is 102 Å². The lowest BCUT2D eigenvalue weighted by Crippen LogP contribution is -2.53. The highest BCUT2D eigenvalue weighted by Gasteiger charge is 2.56. The van der Waals surface area contributed by atoms with Gasteiger partial charge in [0.05, 0.1) is 17.9 Å². The van der Waals surface area contributed by atoms with E-state index in [1.54, 1.807) is 18.2 Å². The van der Waals surface area contributed by atoms with Gasteiger partial charge >= 0.3 is 6.36 Å². The van der Waals surface area contributed by atoms with Crippen molar-refractivity contribution in [3.8, 4) is 18.1 Å². The molecule has 7 nitrogen and oxygen atoms in total. The van der Waals surface area contributed by atoms with Gasteiger partial charge in [0.15, 0.2) is 0 Å². The molecule has 10 heteroatoms. The Kier molecular flexibility index (Phi) is 6.19. The van der Waals surface area contributed by atoms with Crippen molar-refractivity contribution < 1.29 is 32.3 Å². The van der Waals surface area contributed by atoms with Crippen LogP contribution in [0.15, 0.2) is 48.5 Å². The van der Waals surface area contributed by atoms with E-state index in [1.807, 2.05) is 6.07 Å². The second-order valence-corrected chi connectivity index (χ2v) is 8.58. The number of terminal acetylenes is 1. The SMILES string of the molecule is C#CC(CC(N)=O)NC(=O)C1Cc2ccccc2N1C(=O)C1(c2ccc(OC(F)(F)F)cc2)CC1. The predicted octanol–water partition coefficient (Wildman–Crippen LogP) is 2.57. The van der Waals surface area contributed by atoms with Gasteiger partial charge in [0.1, 0.15) is 11.8 Å². The van der Waals surface area contributed by atoms with Gasteiger partial charge in [0.2, 0.25) is 17.7 Å². The average Bonchev–Trinajstić information content (AvgIpc) is 3.51. The van der Waals surface area contributed by atoms with E-state index >= 15 is 0 Å². The zero-order valence-corrected chi connectivity index (χ0v) is 18.5. The van der Waals surface area contributed by atoms with Crippen LogP contribution in [0.5, 0.6) is 5.75 Å². The van der Waals surface area contributed by atoms with Gasteiger partial charge in [-0.1, -0.05) is 36.3 Å². The minimum atomic E-state index is -4.82. The van der Waals surface area contributed by atoms with Gasteiger partial charge in [0.25, 0.3) is 0 Å². The number of primary amides is 1. The summed E-state index contributed by atoms with van der Waals surface area (Å²) in [5, 5.41) is 2.61. The van der Waals surface area contributed by atoms with Crippen molar-refractivity contribution in [1.82, 2.24) is 5.32 Å². The molecule has 4 rings (SSSR count). The summed E-state index contributed by atoms with van der Waals surface area (Å²) < 4.78 is 41.4. The van der Waals surface area contributed by atoms with Crippen molar-refractivity contribution in [2.45, 2.75) is 49.5 Å². The van der Waals surface area contributed by atoms with E-state index in [2.05, 4.69) is 16.0 Å². The van der Waals surface area contributed by atoms with Crippen molar-refractivity contribution >= 4 is 23.4 Å². The summed E-state index contributed by atoms with van der Waals surface area (Å²) in [6.07, 6.45) is 1.56. The van der Waals surface area contributed by atoms with E-state index in [9.17, 15) is 27.6 Å². The molecule has 2 aliphatic rings. The van der Waals surface area contributed by atoms with Crippen LogP contribution in [0.2, 0.25) is 0 Å². The first kappa shape index (κ1) is 24.1. The van der Waals surface area contributed by atoms with Gasteiger partial charge in [-0.25, -0.2) is 0 Å². The Morgan fingerprint density at radius 3 is 2.40 bits per heavy atom. The zero-order chi connectivity index (χ0) is 25.4. The maximum atomic E-state index is 13.9. The molecule has 2 aromatic carbocycles. The fraction of sp³-hybridized carbons (Fsp3) is 0.320. The van der Waals surface area contributed by atoms with Gasteiger partial charge in [-0.2, -0.15) is 0 Å². The molecule has 182 valence electrons. The molecule has 1 fully saturated rings. The quantitative estimate of drug-likeness (QED) is 0.589. The van der Waals surface area contributed by atoms with E-state index in [0.717, 1.165) is 5.56 Å². The highest BCUT2D eigenvalue weighted by Crippen LogP contribution is 2.52. The Morgan fingerprint density at radius 2 is 1.83 bits per heavy atom. The van der Waals surface area contributed by atoms with Crippen LogP contribution in [0.3, 0.4) is 0 Å². The number of para-hydroxylation sites is 1. The first-order chi connectivity index (χ1) is 16.5. The summed E-state index contributed by atoms with van der Waals surface area (Å²) in [6.45, 7) is 0. The monoisotopic (exact) mass is 485 g/mol. The number of carbonyl (C=O) groups is 3. The van der Waals surface area contributed by atoms with E-state index in [-0.39, 0.29) is 24.5 Å². The number of hydrogen-bond donors (Lipinski definition) is 2. The second-order valence-electron chi connectivity index (χ2n) is 8.58. The maximum Gasteiger partial charge on any atom is 0.573 e. The summed E-state index contributed by atoms with van der Waals surface area (Å²) in [5.41, 5.74) is 6.13. The Morgan fingerprint density at radius 1 is 1.17 bits per heavy atom. The predicted molar refractivity (Wildman–Crippen MR) is 120 cm³/mol. The number of alkyl halides is 3. The summed E-state index contributed by atoms with van der Waals surface area (Å²) in [6, 6.07) is 10.5. The highest BCUT2D eigenvalue weighted by atomic mass is 19.4. The van der Waals surface area contributed by atoms with Crippen LogP contribution in [-0.2, 0) is 26.2 Å². The number of rotatable bonds is 7. The van der Waals surface area contributed by atoms with Crippen LogP contribution < -0.4 is 20.7 Å². The maximum absolute atomic E-state index is 13.9. The molecule has 3 amide bonds. The zero-order valence-electron chi connectivity index (χ0n) is 18.5. The fourth-order valence-electron chi connectivity index (χ4n) is 4.42. The molecule has 3 N–H and O–H groups in total. The Hall–Kier alpha value is -4.00. The summed E-state index contributed by atoms with van der Waals surface area (Å²) in [4.78, 5) is 39.7. The van der Waals surface area contributed by atoms with Crippen molar-refractivity contribution in [3.05, 3.63) is 59.7 Å². The first-order valence-electron chi connectivity index (χ1n) is 10.9. The van der Waals surface area contributed by atoms with Crippen molar-refractivity contribution in [2.24, 2.45) is 5.73 Å². The number of nitrogens with two attached hydrogens (primary N) is 1. The number of nitrogens with zero attached hydrogens (tertiary/aromatic N) is 1. The van der Waals surface area contributed by atoms with E-state index in [0.29, 0.717) is 24.1 Å². The largest absolute Gasteiger partial charge is 0.573 e. The van der Waals surface area contributed by atoms with E-state index in [4.69, 9.17) is 12.2 Å². The molecule has 2 aromatic rings. The smallest absolute Gasteiger partial charge is 0.406 e. The van der Waals surface area contributed by atoms with Crippen LogP contribution in [0.4, 0.5) is 18.9 Å². The number of amides is 3. The molecular weight excluding hydrogens is 463 g/mol. The molecule has 1 aliphatic heterocycles. The fourth-order valence-corrected chi connectivity index (χ4v) is 4.42. The third-order valence-corrected chi connectivity index (χ3v) is 6.22. The standard InChI is InChI=1S/C25H22F3N3O4/c1-2-17(14-21(29)32)30-22(33)20-13-15-5-3-4-6-19(15)31(20)23(34)24(11-12-24)16-7-9-18(10-8-16)35-25(26,27)28/h1,3-10,17,20H,11-14H2,(H2,29,32)(H,30,33). The van der Waals surface area contributed by atoms with Gasteiger partial charge in [-0.3, -0.25) is 19.3 Å². The number of benzene rings is 2. The molecule has 0 bridgehead atoms. The third-order valence-electron chi connectivity index (χ3n) is 6.22. The lowest BCUT2D eigenvalue weighted by molar-refractivity contribution is -0.274. The molecule has 2 atom stereocenters. The van der Waals surface area contributed by atoms with Crippen LogP contribution in [0.25, 0.3) is 0 Å². The molecule has 1 heterocycles. The van der Waals surface area contributed by atoms with Crippen molar-refractivity contribution in [3.63, 3.8) is 0 Å². The first-order valence-corrected chi connectivity index (χ1v) is 10.9. The lowest BCUT2D eigenvalue weighted by Gasteiger charge is -2.30. The lowest BCUT2D eigenvalue weighted by atomic mass is 9.93. The summed E-state index contributed by atoms with van der Waals surface area (Å²) >= 11 is 0. The summed E-state index contributed by atoms with van der Waals surface area (Å²) in [7, 11) is 0. The Labute approximate surface area is 199 Å². The second kappa shape index (κ2) is 8.98. The number of anilines is 1. The molecule has 0 saturated heterocycles. The van der Waals surface area contributed by atoms with Crippen LogP contribution in [0, 0.1) is 12.3 Å². The molecule has 2 unspecified atom stereocenters.